The van der Waals surface area contributed by atoms with Gasteiger partial charge in [0, 0.05) is 30.4 Å². The van der Waals surface area contributed by atoms with Gasteiger partial charge in [0.15, 0.2) is 0 Å². The van der Waals surface area contributed by atoms with E-state index < -0.39 is 5.97 Å². The molecule has 0 saturated carbocycles. The minimum atomic E-state index is -0.454. The number of nitrogens with one attached hydrogen (secondary N) is 2. The van der Waals surface area contributed by atoms with Gasteiger partial charge in [0.05, 0.1) is 6.42 Å². The first-order chi connectivity index (χ1) is 13.8. The van der Waals surface area contributed by atoms with E-state index in [-0.39, 0.29) is 30.4 Å². The van der Waals surface area contributed by atoms with Crippen molar-refractivity contribution in [2.75, 3.05) is 11.9 Å². The second kappa shape index (κ2) is 10.3. The third-order valence-corrected chi connectivity index (χ3v) is 4.06. The van der Waals surface area contributed by atoms with Gasteiger partial charge in [-0.05, 0) is 57.2 Å². The highest BCUT2D eigenvalue weighted by Crippen LogP contribution is 2.19. The minimum Gasteiger partial charge on any atom is -0.426 e. The monoisotopic (exact) mass is 397 g/mol. The lowest BCUT2D eigenvalue weighted by Gasteiger charge is -2.20. The van der Waals surface area contributed by atoms with Gasteiger partial charge in [-0.2, -0.15) is 0 Å². The molecule has 1 unspecified atom stereocenters. The Bertz CT molecular complexity index is 835. The van der Waals surface area contributed by atoms with E-state index in [0.29, 0.717) is 17.0 Å². The number of carbonyl (C=O) groups is 3. The topological polar surface area (TPSA) is 87.7 Å². The summed E-state index contributed by atoms with van der Waals surface area (Å²) in [6.07, 6.45) is 0.0387. The number of benzene rings is 2. The highest BCUT2D eigenvalue weighted by molar-refractivity contribution is 5.94. The lowest BCUT2D eigenvalue weighted by Crippen LogP contribution is -2.40. The molecule has 0 aliphatic carbocycles. The molecule has 0 aromatic heterocycles. The second-order valence-electron chi connectivity index (χ2n) is 7.08. The van der Waals surface area contributed by atoms with Crippen molar-refractivity contribution in [1.29, 1.82) is 0 Å². The van der Waals surface area contributed by atoms with Crippen LogP contribution in [0.4, 0.5) is 10.5 Å². The highest BCUT2D eigenvalue weighted by Gasteiger charge is 2.15. The number of hydrogen-bond acceptors (Lipinski definition) is 4. The average Bonchev–Trinajstić information content (AvgIpc) is 2.67. The highest BCUT2D eigenvalue weighted by atomic mass is 16.5. The third kappa shape index (κ3) is 6.95. The largest absolute Gasteiger partial charge is 0.426 e. The number of rotatable bonds is 7. The standard InChI is InChI=1S/C22H27N3O4/c1-15(2)23-22(28)25(4)18-10-12-19(13-11-18)29-20(26)14-16(3)24-21(27)17-8-6-5-7-9-17/h5-13,15-16H,14H2,1-4H3,(H,23,28)(H,24,27). The maximum absolute atomic E-state index is 12.1. The smallest absolute Gasteiger partial charge is 0.321 e. The van der Waals surface area contributed by atoms with Crippen LogP contribution in [0.5, 0.6) is 5.75 Å². The lowest BCUT2D eigenvalue weighted by molar-refractivity contribution is -0.134. The third-order valence-electron chi connectivity index (χ3n) is 4.06. The van der Waals surface area contributed by atoms with E-state index in [1.165, 1.54) is 4.90 Å². The molecule has 7 heteroatoms. The van der Waals surface area contributed by atoms with Crippen LogP contribution >= 0.6 is 0 Å². The van der Waals surface area contributed by atoms with Crippen LogP contribution in [0.2, 0.25) is 0 Å². The van der Waals surface area contributed by atoms with E-state index in [4.69, 9.17) is 4.74 Å². The summed E-state index contributed by atoms with van der Waals surface area (Å²) in [4.78, 5) is 37.8. The van der Waals surface area contributed by atoms with Gasteiger partial charge in [-0.1, -0.05) is 18.2 Å². The number of anilines is 1. The van der Waals surface area contributed by atoms with Gasteiger partial charge in [-0.25, -0.2) is 4.79 Å². The Kier molecular flexibility index (Phi) is 7.77. The number of hydrogen-bond donors (Lipinski definition) is 2. The van der Waals surface area contributed by atoms with Crippen molar-refractivity contribution in [3.05, 3.63) is 60.2 Å². The summed E-state index contributed by atoms with van der Waals surface area (Å²) < 4.78 is 5.32. The number of amides is 3. The van der Waals surface area contributed by atoms with Gasteiger partial charge < -0.3 is 15.4 Å². The second-order valence-corrected chi connectivity index (χ2v) is 7.08. The Morgan fingerprint density at radius 3 is 2.14 bits per heavy atom. The number of urea groups is 1. The quantitative estimate of drug-likeness (QED) is 0.554. The first-order valence-electron chi connectivity index (χ1n) is 9.47. The van der Waals surface area contributed by atoms with Crippen LogP contribution in [0.15, 0.2) is 54.6 Å². The average molecular weight is 397 g/mol. The molecule has 0 radical (unpaired) electrons. The van der Waals surface area contributed by atoms with Crippen molar-refractivity contribution >= 4 is 23.6 Å². The van der Waals surface area contributed by atoms with Crippen LogP contribution in [0.1, 0.15) is 37.6 Å². The summed E-state index contributed by atoms with van der Waals surface area (Å²) in [5, 5.41) is 5.58. The summed E-state index contributed by atoms with van der Waals surface area (Å²) in [6, 6.07) is 14.9. The molecular weight excluding hydrogens is 370 g/mol. The fourth-order valence-electron chi connectivity index (χ4n) is 2.57. The molecule has 2 aromatic rings. The van der Waals surface area contributed by atoms with Gasteiger partial charge in [0.1, 0.15) is 5.75 Å². The summed E-state index contributed by atoms with van der Waals surface area (Å²) in [5.74, 6) is -0.319. The Balaban J connectivity index is 1.85. The lowest BCUT2D eigenvalue weighted by atomic mass is 10.2. The van der Waals surface area contributed by atoms with E-state index in [0.717, 1.165) is 0 Å². The van der Waals surface area contributed by atoms with Gasteiger partial charge in [-0.3, -0.25) is 14.5 Å². The first-order valence-corrected chi connectivity index (χ1v) is 9.47. The molecule has 2 rings (SSSR count). The van der Waals surface area contributed by atoms with Crippen molar-refractivity contribution in [2.45, 2.75) is 39.3 Å². The summed E-state index contributed by atoms with van der Waals surface area (Å²) in [6.45, 7) is 5.52. The molecule has 0 aliphatic heterocycles. The molecule has 29 heavy (non-hydrogen) atoms. The van der Waals surface area contributed by atoms with Crippen LogP contribution in [0, 0.1) is 0 Å². The van der Waals surface area contributed by atoms with E-state index in [1.54, 1.807) is 62.5 Å². The minimum absolute atomic E-state index is 0.0366. The zero-order valence-corrected chi connectivity index (χ0v) is 17.1. The number of carbonyl (C=O) groups excluding carboxylic acids is 3. The Hall–Kier alpha value is -3.35. The van der Waals surface area contributed by atoms with Gasteiger partial charge in [0.2, 0.25) is 0 Å². The normalized spacial score (nSPS) is 11.5. The van der Waals surface area contributed by atoms with Crippen LogP contribution < -0.4 is 20.3 Å². The number of esters is 1. The predicted octanol–water partition coefficient (Wildman–Crippen LogP) is 3.35. The van der Waals surface area contributed by atoms with Crippen LogP contribution in [0.25, 0.3) is 0 Å². The molecule has 0 saturated heterocycles. The van der Waals surface area contributed by atoms with Crippen LogP contribution in [0.3, 0.4) is 0 Å². The van der Waals surface area contributed by atoms with Gasteiger partial charge >= 0.3 is 12.0 Å². The Labute approximate surface area is 171 Å². The van der Waals surface area contributed by atoms with Crippen molar-refractivity contribution in [2.24, 2.45) is 0 Å². The molecule has 0 fully saturated rings. The SMILES string of the molecule is CC(C)NC(=O)N(C)c1ccc(OC(=O)CC(C)NC(=O)c2ccccc2)cc1. The molecule has 0 spiro atoms. The zero-order chi connectivity index (χ0) is 21.4. The molecule has 0 aliphatic rings. The van der Waals surface area contributed by atoms with Crippen molar-refractivity contribution < 1.29 is 19.1 Å². The van der Waals surface area contributed by atoms with Crippen LogP contribution in [-0.4, -0.2) is 37.0 Å². The summed E-state index contributed by atoms with van der Waals surface area (Å²) in [7, 11) is 1.66. The van der Waals surface area contributed by atoms with Crippen molar-refractivity contribution in [1.82, 2.24) is 10.6 Å². The van der Waals surface area contributed by atoms with E-state index in [2.05, 4.69) is 10.6 Å². The van der Waals surface area contributed by atoms with E-state index in [9.17, 15) is 14.4 Å². The van der Waals surface area contributed by atoms with Crippen LogP contribution in [-0.2, 0) is 4.79 Å². The first kappa shape index (κ1) is 21.9. The fourth-order valence-corrected chi connectivity index (χ4v) is 2.57. The Morgan fingerprint density at radius 1 is 0.931 bits per heavy atom. The van der Waals surface area contributed by atoms with Crippen molar-refractivity contribution in [3.63, 3.8) is 0 Å². The molecule has 7 nitrogen and oxygen atoms in total. The summed E-state index contributed by atoms with van der Waals surface area (Å²) >= 11 is 0. The Morgan fingerprint density at radius 2 is 1.55 bits per heavy atom. The van der Waals surface area contributed by atoms with Gasteiger partial charge in [-0.15, -0.1) is 0 Å². The molecule has 1 atom stereocenters. The maximum atomic E-state index is 12.1. The molecule has 2 N–H and O–H groups in total. The zero-order valence-electron chi connectivity index (χ0n) is 17.1. The summed E-state index contributed by atoms with van der Waals surface area (Å²) in [5.41, 5.74) is 1.21. The molecule has 0 heterocycles. The molecule has 3 amide bonds. The molecular formula is C22H27N3O4. The van der Waals surface area contributed by atoms with Crippen molar-refractivity contribution in [3.8, 4) is 5.75 Å². The van der Waals surface area contributed by atoms with E-state index in [1.807, 2.05) is 19.9 Å². The fraction of sp³-hybridized carbons (Fsp3) is 0.318. The number of nitrogens with zero attached hydrogens (tertiary/aromatic N) is 1. The van der Waals surface area contributed by atoms with E-state index >= 15 is 0 Å². The van der Waals surface area contributed by atoms with Gasteiger partial charge in [0.25, 0.3) is 5.91 Å². The molecule has 2 aromatic carbocycles. The molecule has 154 valence electrons. The maximum Gasteiger partial charge on any atom is 0.321 e. The predicted molar refractivity (Wildman–Crippen MR) is 112 cm³/mol. The molecule has 0 bridgehead atoms. The number of ether oxygens (including phenoxy) is 1.